The number of ether oxygens (including phenoxy) is 1. The Balaban J connectivity index is 0.684. The molecule has 3 saturated heterocycles. The first-order chi connectivity index (χ1) is 30.7. The average Bonchev–Trinajstić information content (AvgIpc) is 3.84. The number of amides is 4. The molecule has 2 aromatic heterocycles. The number of ketones is 1. The summed E-state index contributed by atoms with van der Waals surface area (Å²) in [6.45, 7) is 7.61. The molecule has 63 heavy (non-hydrogen) atoms. The number of aromatic amines is 1. The summed E-state index contributed by atoms with van der Waals surface area (Å²) in [5, 5.41) is 6.83. The molecule has 16 heteroatoms. The van der Waals surface area contributed by atoms with E-state index in [-0.39, 0.29) is 30.6 Å². The van der Waals surface area contributed by atoms with E-state index in [2.05, 4.69) is 40.3 Å². The standard InChI is InChI=1S/C47H50ClN9O6/c48-38-27-33(63-32-8-4-3-5-9-32)11-13-35(38)42(59)37-28-49-43-41(37)44(51-29-50-43)52-30-16-20-54(21-17-30)18-6-1-2-7-19-55-22-24-56(25-23-55)31-10-12-34-36(26-31)47(62)57(46(34)61)39-14-15-40(58)53-45(39)60/h3-5,8-13,26-30,39H,1-2,6-7,14-25H2,(H,53,58,60)(H2,49,50,51,52). The van der Waals surface area contributed by atoms with E-state index in [0.29, 0.717) is 55.6 Å². The van der Waals surface area contributed by atoms with Crippen LogP contribution in [0.25, 0.3) is 11.0 Å². The number of hydrogen-bond acceptors (Lipinski definition) is 12. The highest BCUT2D eigenvalue weighted by atomic mass is 35.5. The summed E-state index contributed by atoms with van der Waals surface area (Å²) in [7, 11) is 0. The van der Waals surface area contributed by atoms with Gasteiger partial charge in [0.05, 0.1) is 27.1 Å². The molecule has 1 unspecified atom stereocenters. The normalized spacial score (nSPS) is 18.8. The van der Waals surface area contributed by atoms with Crippen molar-refractivity contribution >= 4 is 63.6 Å². The zero-order chi connectivity index (χ0) is 43.5. The van der Waals surface area contributed by atoms with Crippen LogP contribution in [0.2, 0.25) is 5.02 Å². The van der Waals surface area contributed by atoms with Crippen molar-refractivity contribution in [1.82, 2.24) is 35.0 Å². The zero-order valence-corrected chi connectivity index (χ0v) is 35.7. The number of halogens is 1. The lowest BCUT2D eigenvalue weighted by Crippen LogP contribution is -2.54. The van der Waals surface area contributed by atoms with E-state index in [0.717, 1.165) is 88.6 Å². The fourth-order valence-corrected chi connectivity index (χ4v) is 9.42. The van der Waals surface area contributed by atoms with Crippen molar-refractivity contribution in [1.29, 1.82) is 0 Å². The number of H-pyrrole nitrogens is 1. The monoisotopic (exact) mass is 871 g/mol. The molecule has 5 aromatic rings. The number of unbranched alkanes of at least 4 members (excludes halogenated alkanes) is 3. The maximum atomic E-state index is 13.8. The first-order valence-electron chi connectivity index (χ1n) is 21.9. The molecule has 4 amide bonds. The SMILES string of the molecule is O=C1CCC(N2C(=O)c3ccc(N4CCN(CCCCCCN5CCC(Nc6ncnc7[nH]cc(C(=O)c8ccc(Oc9ccccc9)cc8Cl)c67)CC5)CC4)cc3C2=O)C(=O)N1. The first kappa shape index (κ1) is 42.2. The molecule has 0 aliphatic carbocycles. The predicted octanol–water partition coefficient (Wildman–Crippen LogP) is 6.29. The Bertz CT molecular complexity index is 2530. The van der Waals surface area contributed by atoms with Crippen molar-refractivity contribution in [2.45, 2.75) is 63.5 Å². The number of nitrogens with one attached hydrogen (secondary N) is 3. The number of likely N-dealkylation sites (tertiary alicyclic amines) is 1. The molecule has 3 aromatic carbocycles. The lowest BCUT2D eigenvalue weighted by atomic mass is 10.0. The Hall–Kier alpha value is -6.16. The van der Waals surface area contributed by atoms with Crippen LogP contribution in [0.4, 0.5) is 11.5 Å². The molecular weight excluding hydrogens is 822 g/mol. The third-order valence-electron chi connectivity index (χ3n) is 12.7. The van der Waals surface area contributed by atoms with Gasteiger partial charge in [-0.25, -0.2) is 9.97 Å². The fourth-order valence-electron chi connectivity index (χ4n) is 9.17. The summed E-state index contributed by atoms with van der Waals surface area (Å²) in [5.41, 5.74) is 2.94. The van der Waals surface area contributed by atoms with Crippen molar-refractivity contribution in [3.05, 3.63) is 107 Å². The second kappa shape index (κ2) is 18.7. The number of rotatable bonds is 15. The number of nitrogens with zero attached hydrogens (tertiary/aromatic N) is 6. The van der Waals surface area contributed by atoms with Crippen molar-refractivity contribution in [3.63, 3.8) is 0 Å². The third-order valence-corrected chi connectivity index (χ3v) is 13.0. The van der Waals surface area contributed by atoms with Crippen LogP contribution >= 0.6 is 11.6 Å². The minimum atomic E-state index is -0.966. The Labute approximate surface area is 370 Å². The van der Waals surface area contributed by atoms with E-state index >= 15 is 0 Å². The van der Waals surface area contributed by atoms with E-state index in [4.69, 9.17) is 16.3 Å². The van der Waals surface area contributed by atoms with Crippen molar-refractivity contribution < 1.29 is 28.7 Å². The second-order valence-corrected chi connectivity index (χ2v) is 17.1. The van der Waals surface area contributed by atoms with Gasteiger partial charge in [-0.1, -0.05) is 42.6 Å². The molecule has 3 N–H and O–H groups in total. The molecule has 1 atom stereocenters. The Morgan fingerprint density at radius 1 is 0.762 bits per heavy atom. The molecular formula is C47H50ClN9O6. The lowest BCUT2D eigenvalue weighted by molar-refractivity contribution is -0.136. The van der Waals surface area contributed by atoms with Gasteiger partial charge >= 0.3 is 0 Å². The number of hydrogen-bond donors (Lipinski definition) is 3. The maximum absolute atomic E-state index is 13.8. The van der Waals surface area contributed by atoms with Gasteiger partial charge in [0, 0.05) is 75.2 Å². The van der Waals surface area contributed by atoms with Gasteiger partial charge in [-0.15, -0.1) is 0 Å². The minimum absolute atomic E-state index is 0.0965. The van der Waals surface area contributed by atoms with Gasteiger partial charge in [0.2, 0.25) is 11.8 Å². The van der Waals surface area contributed by atoms with Gasteiger partial charge in [-0.05, 0) is 87.7 Å². The third kappa shape index (κ3) is 9.17. The molecule has 9 rings (SSSR count). The van der Waals surface area contributed by atoms with Crippen LogP contribution in [0.3, 0.4) is 0 Å². The highest BCUT2D eigenvalue weighted by Crippen LogP contribution is 2.33. The van der Waals surface area contributed by atoms with Crippen LogP contribution in [0.15, 0.2) is 79.3 Å². The Kier molecular flexibility index (Phi) is 12.5. The lowest BCUT2D eigenvalue weighted by Gasteiger charge is -2.36. The summed E-state index contributed by atoms with van der Waals surface area (Å²) in [6.07, 6.45) is 10.1. The van der Waals surface area contributed by atoms with Crippen molar-refractivity contribution in [2.24, 2.45) is 0 Å². The summed E-state index contributed by atoms with van der Waals surface area (Å²) in [6, 6.07) is 19.1. The van der Waals surface area contributed by atoms with Gasteiger partial charge in [0.25, 0.3) is 11.8 Å². The van der Waals surface area contributed by atoms with E-state index in [1.54, 1.807) is 36.5 Å². The number of piperidine rings is 2. The number of carbonyl (C=O) groups is 5. The number of piperazine rings is 1. The highest BCUT2D eigenvalue weighted by Gasteiger charge is 2.45. The molecule has 326 valence electrons. The number of imide groups is 2. The molecule has 0 saturated carbocycles. The second-order valence-electron chi connectivity index (χ2n) is 16.7. The van der Waals surface area contributed by atoms with Crippen LogP contribution in [-0.4, -0.2) is 124 Å². The Morgan fingerprint density at radius 3 is 2.22 bits per heavy atom. The molecule has 6 heterocycles. The van der Waals surface area contributed by atoms with Crippen molar-refractivity contribution in [3.8, 4) is 11.5 Å². The number of aromatic nitrogens is 3. The van der Waals surface area contributed by atoms with Crippen LogP contribution in [0.1, 0.15) is 88.0 Å². The van der Waals surface area contributed by atoms with Gasteiger partial charge in [0.1, 0.15) is 35.3 Å². The van der Waals surface area contributed by atoms with E-state index in [1.807, 2.05) is 36.4 Å². The molecule has 0 spiro atoms. The van der Waals surface area contributed by atoms with Crippen LogP contribution in [-0.2, 0) is 9.59 Å². The Morgan fingerprint density at radius 2 is 1.49 bits per heavy atom. The largest absolute Gasteiger partial charge is 0.457 e. The quantitative estimate of drug-likeness (QED) is 0.0611. The van der Waals surface area contributed by atoms with Crippen LogP contribution in [0, 0.1) is 0 Å². The summed E-state index contributed by atoms with van der Waals surface area (Å²) in [5.74, 6) is -0.304. The van der Waals surface area contributed by atoms with Gasteiger partial charge < -0.3 is 24.8 Å². The molecule has 4 aliphatic rings. The molecule has 3 fully saturated rings. The van der Waals surface area contributed by atoms with Gasteiger partial charge in [-0.3, -0.25) is 39.1 Å². The van der Waals surface area contributed by atoms with Gasteiger partial charge in [0.15, 0.2) is 5.78 Å². The zero-order valence-electron chi connectivity index (χ0n) is 35.0. The first-order valence-corrected chi connectivity index (χ1v) is 22.3. The molecule has 4 aliphatic heterocycles. The number of fused-ring (bicyclic) bond motifs is 2. The highest BCUT2D eigenvalue weighted by molar-refractivity contribution is 6.36. The van der Waals surface area contributed by atoms with E-state index < -0.39 is 23.8 Å². The average molecular weight is 872 g/mol. The van der Waals surface area contributed by atoms with Crippen LogP contribution < -0.4 is 20.3 Å². The minimum Gasteiger partial charge on any atom is -0.457 e. The number of para-hydroxylation sites is 1. The van der Waals surface area contributed by atoms with E-state index in [9.17, 15) is 24.0 Å². The van der Waals surface area contributed by atoms with Gasteiger partial charge in [-0.2, -0.15) is 0 Å². The smallest absolute Gasteiger partial charge is 0.262 e. The van der Waals surface area contributed by atoms with Crippen molar-refractivity contribution in [2.75, 3.05) is 62.6 Å². The predicted molar refractivity (Wildman–Crippen MR) is 239 cm³/mol. The molecule has 0 radical (unpaired) electrons. The maximum Gasteiger partial charge on any atom is 0.262 e. The van der Waals surface area contributed by atoms with E-state index in [1.165, 1.54) is 19.2 Å². The summed E-state index contributed by atoms with van der Waals surface area (Å²) in [4.78, 5) is 84.7. The number of benzene rings is 3. The summed E-state index contributed by atoms with van der Waals surface area (Å²) < 4.78 is 5.90. The number of anilines is 2. The fraction of sp³-hybridized carbons (Fsp3) is 0.383. The number of carbonyl (C=O) groups excluding carboxylic acids is 5. The molecule has 0 bridgehead atoms. The topological polar surface area (TPSA) is 173 Å². The molecule has 15 nitrogen and oxygen atoms in total. The van der Waals surface area contributed by atoms with Crippen LogP contribution in [0.5, 0.6) is 11.5 Å². The summed E-state index contributed by atoms with van der Waals surface area (Å²) >= 11 is 6.63.